The van der Waals surface area contributed by atoms with Gasteiger partial charge in [0, 0.05) is 49.9 Å². The topological polar surface area (TPSA) is 36.4 Å². The number of benzene rings is 2. The maximum atomic E-state index is 14.0. The van der Waals surface area contributed by atoms with E-state index in [0.717, 1.165) is 18.5 Å². The van der Waals surface area contributed by atoms with Crippen LogP contribution < -0.4 is 0 Å². The Morgan fingerprint density at radius 3 is 2.75 bits per heavy atom. The summed E-state index contributed by atoms with van der Waals surface area (Å²) in [6, 6.07) is 12.6. The van der Waals surface area contributed by atoms with E-state index in [2.05, 4.69) is 9.88 Å². The molecule has 0 unspecified atom stereocenters. The fourth-order valence-corrected chi connectivity index (χ4v) is 3.70. The summed E-state index contributed by atoms with van der Waals surface area (Å²) < 4.78 is 27.4. The Labute approximate surface area is 162 Å². The second-order valence-electron chi connectivity index (χ2n) is 7.04. The standard InChI is InChI=1S/C22H21F2N3O/c23-18-5-1-4-16(14-18)22(28)27-11-3-10-26(12-13-27)15-17-7-8-20(24)19-6-2-9-25-21(17)19/h1-2,4-9,14H,3,10-13,15H2. The minimum Gasteiger partial charge on any atom is -0.337 e. The Bertz CT molecular complexity index is 1010. The fraction of sp³-hybridized carbons (Fsp3) is 0.273. The number of amides is 1. The molecule has 1 aliphatic heterocycles. The van der Waals surface area contributed by atoms with Crippen LogP contribution in [-0.4, -0.2) is 46.9 Å². The van der Waals surface area contributed by atoms with Crippen molar-refractivity contribution in [1.82, 2.24) is 14.8 Å². The molecule has 2 aromatic carbocycles. The summed E-state index contributed by atoms with van der Waals surface area (Å²) in [5.74, 6) is -0.817. The molecule has 1 saturated heterocycles. The predicted octanol–water partition coefficient (Wildman–Crippen LogP) is 3.86. The maximum absolute atomic E-state index is 14.0. The van der Waals surface area contributed by atoms with Gasteiger partial charge in [-0.2, -0.15) is 0 Å². The van der Waals surface area contributed by atoms with Crippen molar-refractivity contribution in [3.8, 4) is 0 Å². The summed E-state index contributed by atoms with van der Waals surface area (Å²) in [6.07, 6.45) is 2.50. The van der Waals surface area contributed by atoms with Gasteiger partial charge in [-0.05, 0) is 48.4 Å². The number of hydrogen-bond acceptors (Lipinski definition) is 3. The van der Waals surface area contributed by atoms with E-state index in [1.807, 2.05) is 0 Å². The van der Waals surface area contributed by atoms with Crippen LogP contribution in [0.4, 0.5) is 8.78 Å². The Morgan fingerprint density at radius 2 is 1.89 bits per heavy atom. The lowest BCUT2D eigenvalue weighted by molar-refractivity contribution is 0.0760. The van der Waals surface area contributed by atoms with Crippen LogP contribution in [-0.2, 0) is 6.54 Å². The molecule has 0 saturated carbocycles. The van der Waals surface area contributed by atoms with E-state index >= 15 is 0 Å². The quantitative estimate of drug-likeness (QED) is 0.691. The van der Waals surface area contributed by atoms with Crippen LogP contribution in [0.2, 0.25) is 0 Å². The van der Waals surface area contributed by atoms with Gasteiger partial charge in [0.25, 0.3) is 5.91 Å². The Kier molecular flexibility index (Phi) is 5.30. The Morgan fingerprint density at radius 1 is 1.00 bits per heavy atom. The highest BCUT2D eigenvalue weighted by atomic mass is 19.1. The lowest BCUT2D eigenvalue weighted by Crippen LogP contribution is -2.35. The molecule has 1 amide bonds. The van der Waals surface area contributed by atoms with Crippen LogP contribution in [0.15, 0.2) is 54.7 Å². The summed E-state index contributed by atoms with van der Waals surface area (Å²) >= 11 is 0. The molecule has 0 radical (unpaired) electrons. The van der Waals surface area contributed by atoms with Gasteiger partial charge in [-0.3, -0.25) is 14.7 Å². The van der Waals surface area contributed by atoms with Gasteiger partial charge >= 0.3 is 0 Å². The van der Waals surface area contributed by atoms with Gasteiger partial charge < -0.3 is 4.90 Å². The number of hydrogen-bond donors (Lipinski definition) is 0. The minimum atomic E-state index is -0.405. The van der Waals surface area contributed by atoms with Crippen molar-refractivity contribution in [2.24, 2.45) is 0 Å². The summed E-state index contributed by atoms with van der Waals surface area (Å²) in [4.78, 5) is 21.1. The first kappa shape index (κ1) is 18.5. The zero-order valence-corrected chi connectivity index (χ0v) is 15.4. The highest BCUT2D eigenvalue weighted by Gasteiger charge is 2.21. The average Bonchev–Trinajstić information content (AvgIpc) is 2.95. The first-order chi connectivity index (χ1) is 13.6. The van der Waals surface area contributed by atoms with Gasteiger partial charge in [0.05, 0.1) is 5.52 Å². The van der Waals surface area contributed by atoms with Crippen LogP contribution in [0.25, 0.3) is 10.9 Å². The van der Waals surface area contributed by atoms with E-state index < -0.39 is 5.82 Å². The van der Waals surface area contributed by atoms with E-state index in [0.29, 0.717) is 42.6 Å². The van der Waals surface area contributed by atoms with Crippen LogP contribution in [0, 0.1) is 11.6 Å². The zero-order valence-electron chi connectivity index (χ0n) is 15.4. The summed E-state index contributed by atoms with van der Waals surface area (Å²) in [7, 11) is 0. The van der Waals surface area contributed by atoms with Crippen LogP contribution in [0.5, 0.6) is 0 Å². The molecule has 0 N–H and O–H groups in total. The molecule has 144 valence electrons. The highest BCUT2D eigenvalue weighted by molar-refractivity contribution is 5.94. The predicted molar refractivity (Wildman–Crippen MR) is 104 cm³/mol. The van der Waals surface area contributed by atoms with Crippen LogP contribution in [0.3, 0.4) is 0 Å². The van der Waals surface area contributed by atoms with Crippen molar-refractivity contribution in [3.63, 3.8) is 0 Å². The van der Waals surface area contributed by atoms with Gasteiger partial charge in [0.2, 0.25) is 0 Å². The molecular formula is C22H21F2N3O. The lowest BCUT2D eigenvalue weighted by atomic mass is 10.1. The van der Waals surface area contributed by atoms with Gasteiger partial charge in [-0.25, -0.2) is 8.78 Å². The van der Waals surface area contributed by atoms with Crippen molar-refractivity contribution in [2.75, 3.05) is 26.2 Å². The molecule has 0 aliphatic carbocycles. The molecule has 6 heteroatoms. The second-order valence-corrected chi connectivity index (χ2v) is 7.04. The first-order valence-corrected chi connectivity index (χ1v) is 9.41. The Hall–Kier alpha value is -2.86. The monoisotopic (exact) mass is 381 g/mol. The van der Waals surface area contributed by atoms with Crippen molar-refractivity contribution >= 4 is 16.8 Å². The molecule has 3 aromatic rings. The number of fused-ring (bicyclic) bond motifs is 1. The number of rotatable bonds is 3. The molecule has 1 fully saturated rings. The van der Waals surface area contributed by atoms with Gasteiger partial charge in [-0.1, -0.05) is 12.1 Å². The molecule has 4 rings (SSSR count). The summed E-state index contributed by atoms with van der Waals surface area (Å²) in [5.41, 5.74) is 2.03. The number of carbonyl (C=O) groups is 1. The van der Waals surface area contributed by atoms with Gasteiger partial charge in [0.1, 0.15) is 11.6 Å². The largest absolute Gasteiger partial charge is 0.337 e. The third-order valence-corrected chi connectivity index (χ3v) is 5.14. The average molecular weight is 381 g/mol. The molecule has 2 heterocycles. The minimum absolute atomic E-state index is 0.143. The van der Waals surface area contributed by atoms with E-state index in [4.69, 9.17) is 0 Å². The number of halogens is 2. The van der Waals surface area contributed by atoms with Crippen LogP contribution >= 0.6 is 0 Å². The number of carbonyl (C=O) groups excluding carboxylic acids is 1. The zero-order chi connectivity index (χ0) is 19.5. The van der Waals surface area contributed by atoms with E-state index in [-0.39, 0.29) is 11.7 Å². The smallest absolute Gasteiger partial charge is 0.254 e. The van der Waals surface area contributed by atoms with Crippen molar-refractivity contribution < 1.29 is 13.6 Å². The van der Waals surface area contributed by atoms with Crippen LogP contribution in [0.1, 0.15) is 22.3 Å². The fourth-order valence-electron chi connectivity index (χ4n) is 3.70. The van der Waals surface area contributed by atoms with Crippen molar-refractivity contribution in [1.29, 1.82) is 0 Å². The molecular weight excluding hydrogens is 360 g/mol. The van der Waals surface area contributed by atoms with E-state index in [9.17, 15) is 13.6 Å². The molecule has 0 bridgehead atoms. The molecule has 4 nitrogen and oxygen atoms in total. The Balaban J connectivity index is 1.46. The molecule has 1 aliphatic rings. The third kappa shape index (κ3) is 3.87. The molecule has 0 spiro atoms. The van der Waals surface area contributed by atoms with Gasteiger partial charge in [-0.15, -0.1) is 0 Å². The van der Waals surface area contributed by atoms with Gasteiger partial charge in [0.15, 0.2) is 0 Å². The number of nitrogens with zero attached hydrogens (tertiary/aromatic N) is 3. The van der Waals surface area contributed by atoms with Crippen molar-refractivity contribution in [3.05, 3.63) is 77.5 Å². The molecule has 28 heavy (non-hydrogen) atoms. The highest BCUT2D eigenvalue weighted by Crippen LogP contribution is 2.21. The van der Waals surface area contributed by atoms with Crippen molar-refractivity contribution in [2.45, 2.75) is 13.0 Å². The summed E-state index contributed by atoms with van der Waals surface area (Å²) in [5, 5.41) is 0.526. The SMILES string of the molecule is O=C(c1cccc(F)c1)N1CCCN(Cc2ccc(F)c3cccnc23)CC1. The number of pyridine rings is 1. The first-order valence-electron chi connectivity index (χ1n) is 9.41. The molecule has 1 aromatic heterocycles. The summed E-state index contributed by atoms with van der Waals surface area (Å²) in [6.45, 7) is 3.39. The normalized spacial score (nSPS) is 15.6. The maximum Gasteiger partial charge on any atom is 0.254 e. The third-order valence-electron chi connectivity index (χ3n) is 5.14. The lowest BCUT2D eigenvalue weighted by Gasteiger charge is -2.22. The second kappa shape index (κ2) is 8.02. The van der Waals surface area contributed by atoms with E-state index in [1.165, 1.54) is 18.2 Å². The molecule has 0 atom stereocenters. The van der Waals surface area contributed by atoms with E-state index in [1.54, 1.807) is 41.4 Å². The number of aromatic nitrogens is 1.